The van der Waals surface area contributed by atoms with Crippen LogP contribution in [0.15, 0.2) is 12.1 Å². The lowest BCUT2D eigenvalue weighted by atomic mass is 9.60. The molecule has 2 nitrogen and oxygen atoms in total. The number of hydrogen-bond acceptors (Lipinski definition) is 2. The molecule has 0 saturated heterocycles. The van der Waals surface area contributed by atoms with Gasteiger partial charge in [0, 0.05) is 17.7 Å². The van der Waals surface area contributed by atoms with E-state index in [4.69, 9.17) is 4.74 Å². The third-order valence-corrected chi connectivity index (χ3v) is 8.97. The highest BCUT2D eigenvalue weighted by Crippen LogP contribution is 2.49. The fourth-order valence-corrected chi connectivity index (χ4v) is 6.91. The van der Waals surface area contributed by atoms with Gasteiger partial charge in [-0.15, -0.1) is 0 Å². The van der Waals surface area contributed by atoms with Gasteiger partial charge in [0.2, 0.25) is 0 Å². The number of benzene rings is 1. The van der Waals surface area contributed by atoms with Gasteiger partial charge in [-0.1, -0.05) is 32.6 Å². The summed E-state index contributed by atoms with van der Waals surface area (Å²) < 4.78 is 32.8. The molecular formula is C28H40F2O2. The van der Waals surface area contributed by atoms with Gasteiger partial charge in [-0.25, -0.2) is 8.78 Å². The molecule has 0 spiro atoms. The highest BCUT2D eigenvalue weighted by molar-refractivity contribution is 5.75. The van der Waals surface area contributed by atoms with Crippen LogP contribution in [0.2, 0.25) is 0 Å². The van der Waals surface area contributed by atoms with E-state index in [-0.39, 0.29) is 23.2 Å². The summed E-state index contributed by atoms with van der Waals surface area (Å²) in [5, 5.41) is 0. The second-order valence-electron chi connectivity index (χ2n) is 11.0. The number of unbranched alkanes of at least 4 members (excludes halogenated alkanes) is 1. The molecule has 178 valence electrons. The summed E-state index contributed by atoms with van der Waals surface area (Å²) in [4.78, 5) is 12.6. The summed E-state index contributed by atoms with van der Waals surface area (Å²) in [6, 6.07) is 2.22. The fourth-order valence-electron chi connectivity index (χ4n) is 6.91. The molecule has 0 bridgehead atoms. The maximum atomic E-state index is 13.8. The number of carbonyl (C=O) groups excluding carboxylic acids is 1. The average Bonchev–Trinajstić information content (AvgIpc) is 2.80. The third kappa shape index (κ3) is 5.54. The van der Waals surface area contributed by atoms with Crippen LogP contribution in [0.5, 0.6) is 5.75 Å². The van der Waals surface area contributed by atoms with E-state index < -0.39 is 11.6 Å². The number of ether oxygens (including phenoxy) is 1. The van der Waals surface area contributed by atoms with E-state index in [0.29, 0.717) is 0 Å². The molecule has 4 unspecified atom stereocenters. The van der Waals surface area contributed by atoms with E-state index in [1.807, 2.05) is 0 Å². The molecule has 0 N–H and O–H groups in total. The lowest BCUT2D eigenvalue weighted by Gasteiger charge is -2.45. The first-order chi connectivity index (χ1) is 15.4. The lowest BCUT2D eigenvalue weighted by Crippen LogP contribution is -2.35. The Bertz CT molecular complexity index is 761. The number of hydrogen-bond donors (Lipinski definition) is 0. The predicted octanol–water partition coefficient (Wildman–Crippen LogP) is 8.01. The molecule has 3 aliphatic carbocycles. The Kier molecular flexibility index (Phi) is 7.89. The molecule has 0 aromatic heterocycles. The van der Waals surface area contributed by atoms with Crippen LogP contribution in [0.4, 0.5) is 8.78 Å². The summed E-state index contributed by atoms with van der Waals surface area (Å²) in [7, 11) is 0. The molecule has 3 fully saturated rings. The largest absolute Gasteiger partial charge is 0.426 e. The number of esters is 1. The predicted molar refractivity (Wildman–Crippen MR) is 123 cm³/mol. The summed E-state index contributed by atoms with van der Waals surface area (Å²) >= 11 is 0. The van der Waals surface area contributed by atoms with Gasteiger partial charge >= 0.3 is 5.97 Å². The third-order valence-electron chi connectivity index (χ3n) is 8.97. The lowest BCUT2D eigenvalue weighted by molar-refractivity contribution is -0.140. The van der Waals surface area contributed by atoms with Crippen molar-refractivity contribution < 1.29 is 18.3 Å². The van der Waals surface area contributed by atoms with Crippen molar-refractivity contribution in [3.63, 3.8) is 0 Å². The summed E-state index contributed by atoms with van der Waals surface area (Å²) in [6.07, 6.45) is 16.5. The minimum atomic E-state index is -0.675. The topological polar surface area (TPSA) is 26.3 Å². The number of carbonyl (C=O) groups is 1. The number of halogens is 2. The van der Waals surface area contributed by atoms with E-state index >= 15 is 0 Å². The van der Waals surface area contributed by atoms with Gasteiger partial charge < -0.3 is 4.74 Å². The van der Waals surface area contributed by atoms with Crippen LogP contribution in [-0.2, 0) is 4.79 Å². The van der Waals surface area contributed by atoms with Crippen LogP contribution >= 0.6 is 0 Å². The summed E-state index contributed by atoms with van der Waals surface area (Å²) in [6.45, 7) is 3.68. The Morgan fingerprint density at radius 1 is 0.875 bits per heavy atom. The van der Waals surface area contributed by atoms with Crippen LogP contribution in [-0.4, -0.2) is 5.97 Å². The number of rotatable bonds is 6. The molecule has 3 aliphatic rings. The Morgan fingerprint density at radius 2 is 1.44 bits per heavy atom. The van der Waals surface area contributed by atoms with Crippen LogP contribution in [0.25, 0.3) is 0 Å². The Balaban J connectivity index is 1.23. The van der Waals surface area contributed by atoms with Crippen molar-refractivity contribution in [2.75, 3.05) is 0 Å². The van der Waals surface area contributed by atoms with Crippen LogP contribution < -0.4 is 4.74 Å². The van der Waals surface area contributed by atoms with Gasteiger partial charge in [0.05, 0.1) is 5.92 Å². The maximum absolute atomic E-state index is 13.8. The van der Waals surface area contributed by atoms with Crippen molar-refractivity contribution in [1.29, 1.82) is 0 Å². The molecule has 4 rings (SSSR count). The molecule has 32 heavy (non-hydrogen) atoms. The second kappa shape index (κ2) is 10.7. The molecule has 1 aromatic carbocycles. The molecule has 0 amide bonds. The summed E-state index contributed by atoms with van der Waals surface area (Å²) in [5.41, 5.74) is -0.0468. The van der Waals surface area contributed by atoms with E-state index in [1.165, 1.54) is 64.7 Å². The van der Waals surface area contributed by atoms with Crippen molar-refractivity contribution in [2.45, 2.75) is 97.3 Å². The molecule has 0 heterocycles. The minimum Gasteiger partial charge on any atom is -0.426 e. The second-order valence-corrected chi connectivity index (χ2v) is 11.0. The molecule has 1 aromatic rings. The normalized spacial score (nSPS) is 32.9. The van der Waals surface area contributed by atoms with E-state index in [0.717, 1.165) is 67.4 Å². The van der Waals surface area contributed by atoms with Crippen molar-refractivity contribution in [1.82, 2.24) is 0 Å². The Morgan fingerprint density at radius 3 is 2.09 bits per heavy atom. The molecular weight excluding hydrogens is 406 g/mol. The molecule has 4 atom stereocenters. The number of fused-ring (bicyclic) bond motifs is 1. The van der Waals surface area contributed by atoms with Gasteiger partial charge in [-0.3, -0.25) is 4.79 Å². The standard InChI is InChI=1S/C28H40F2O2/c1-3-4-5-19-6-7-24-15-23(13-12-22(24)14-19)20-8-10-21(11-9-20)28(31)32-25-16-26(29)18(2)27(30)17-25/h16-17,19-24H,3-15H2,1-2H3. The smallest absolute Gasteiger partial charge is 0.314 e. The summed E-state index contributed by atoms with van der Waals surface area (Å²) in [5.74, 6) is 2.56. The van der Waals surface area contributed by atoms with Crippen molar-refractivity contribution in [3.8, 4) is 5.75 Å². The highest BCUT2D eigenvalue weighted by atomic mass is 19.1. The first-order valence-corrected chi connectivity index (χ1v) is 13.1. The molecule has 0 radical (unpaired) electrons. The van der Waals surface area contributed by atoms with E-state index in [2.05, 4.69) is 6.92 Å². The zero-order chi connectivity index (χ0) is 22.7. The van der Waals surface area contributed by atoms with Gasteiger partial charge in [0.1, 0.15) is 17.4 Å². The minimum absolute atomic E-state index is 0.0226. The van der Waals surface area contributed by atoms with Gasteiger partial charge in [0.15, 0.2) is 0 Å². The van der Waals surface area contributed by atoms with Crippen LogP contribution in [0.1, 0.15) is 96.0 Å². The van der Waals surface area contributed by atoms with Gasteiger partial charge in [-0.2, -0.15) is 0 Å². The van der Waals surface area contributed by atoms with Crippen LogP contribution in [0.3, 0.4) is 0 Å². The zero-order valence-corrected chi connectivity index (χ0v) is 19.9. The van der Waals surface area contributed by atoms with Crippen molar-refractivity contribution in [3.05, 3.63) is 29.3 Å². The average molecular weight is 447 g/mol. The van der Waals surface area contributed by atoms with Crippen LogP contribution in [0, 0.1) is 54.1 Å². The first kappa shape index (κ1) is 23.7. The zero-order valence-electron chi connectivity index (χ0n) is 19.9. The molecule has 3 saturated carbocycles. The van der Waals surface area contributed by atoms with E-state index in [1.54, 1.807) is 0 Å². The van der Waals surface area contributed by atoms with Gasteiger partial charge in [-0.05, 0) is 94.3 Å². The first-order valence-electron chi connectivity index (χ1n) is 13.1. The highest BCUT2D eigenvalue weighted by Gasteiger charge is 2.39. The Hall–Kier alpha value is -1.45. The van der Waals surface area contributed by atoms with Gasteiger partial charge in [0.25, 0.3) is 0 Å². The molecule has 4 heteroatoms. The Labute approximate surface area is 192 Å². The monoisotopic (exact) mass is 446 g/mol. The fraction of sp³-hybridized carbons (Fsp3) is 0.750. The van der Waals surface area contributed by atoms with Crippen molar-refractivity contribution >= 4 is 5.97 Å². The van der Waals surface area contributed by atoms with E-state index in [9.17, 15) is 13.6 Å². The maximum Gasteiger partial charge on any atom is 0.314 e. The molecule has 0 aliphatic heterocycles. The quantitative estimate of drug-likeness (QED) is 0.327. The SMILES string of the molecule is CCCCC1CCC2CC(C3CCC(C(=O)Oc4cc(F)c(C)c(F)c4)CC3)CCC2C1. The van der Waals surface area contributed by atoms with Crippen molar-refractivity contribution in [2.24, 2.45) is 35.5 Å².